The number of aliphatic imine (C=N–C) groups is 1. The molecule has 5 nitrogen and oxygen atoms in total. The second-order valence-electron chi connectivity index (χ2n) is 8.12. The summed E-state index contributed by atoms with van der Waals surface area (Å²) in [7, 11) is 0. The molecule has 0 fully saturated rings. The van der Waals surface area contributed by atoms with Gasteiger partial charge in [-0.2, -0.15) is 0 Å². The van der Waals surface area contributed by atoms with Gasteiger partial charge in [-0.25, -0.2) is 9.67 Å². The molecule has 0 bridgehead atoms. The Labute approximate surface area is 162 Å². The maximum Gasteiger partial charge on any atom is 0.264 e. The standard InChI is InChI=1S/C22H32N4O/c1-8-9-15(2)23-21(26-16(3)14-20(27)25-26)24-17(4)18-10-12-19(13-11-18)22(5,6)7/h10-15H,4,8-9H2,1-3,5-7H3,(H,23,24)(H,25,27). The molecule has 2 N–H and O–H groups in total. The summed E-state index contributed by atoms with van der Waals surface area (Å²) in [5.41, 5.74) is 3.76. The van der Waals surface area contributed by atoms with E-state index in [-0.39, 0.29) is 17.0 Å². The summed E-state index contributed by atoms with van der Waals surface area (Å²) in [6.07, 6.45) is 2.02. The molecule has 2 aromatic rings. The summed E-state index contributed by atoms with van der Waals surface area (Å²) in [5.74, 6) is 0.584. The number of aryl methyl sites for hydroxylation is 1. The van der Waals surface area contributed by atoms with Crippen molar-refractivity contribution in [1.82, 2.24) is 15.1 Å². The van der Waals surface area contributed by atoms with E-state index in [2.05, 4.69) is 75.9 Å². The molecular weight excluding hydrogens is 336 g/mol. The Morgan fingerprint density at radius 1 is 1.30 bits per heavy atom. The predicted octanol–water partition coefficient (Wildman–Crippen LogP) is 4.44. The monoisotopic (exact) mass is 368 g/mol. The maximum absolute atomic E-state index is 11.7. The smallest absolute Gasteiger partial charge is 0.264 e. The molecule has 1 heterocycles. The Morgan fingerprint density at radius 3 is 2.41 bits per heavy atom. The normalized spacial score (nSPS) is 13.5. The molecule has 0 saturated heterocycles. The van der Waals surface area contributed by atoms with Crippen molar-refractivity contribution in [2.75, 3.05) is 0 Å². The first-order valence-electron chi connectivity index (χ1n) is 9.55. The van der Waals surface area contributed by atoms with Crippen molar-refractivity contribution in [2.45, 2.75) is 65.8 Å². The SMILES string of the molecule is C=C(NC(=NC(C)CCC)n1[nH]c(=O)cc1C)c1ccc(C(C)(C)C)cc1. The van der Waals surface area contributed by atoms with Gasteiger partial charge in [0.1, 0.15) is 0 Å². The van der Waals surface area contributed by atoms with Gasteiger partial charge in [-0.1, -0.05) is 65.0 Å². The van der Waals surface area contributed by atoms with Crippen LogP contribution in [0.1, 0.15) is 64.3 Å². The van der Waals surface area contributed by atoms with Crippen LogP contribution in [0.4, 0.5) is 0 Å². The van der Waals surface area contributed by atoms with E-state index in [1.165, 1.54) is 5.56 Å². The van der Waals surface area contributed by atoms with E-state index >= 15 is 0 Å². The zero-order valence-corrected chi connectivity index (χ0v) is 17.4. The molecule has 2 rings (SSSR count). The van der Waals surface area contributed by atoms with Gasteiger partial charge < -0.3 is 5.32 Å². The van der Waals surface area contributed by atoms with Crippen LogP contribution in [0, 0.1) is 6.92 Å². The highest BCUT2D eigenvalue weighted by atomic mass is 16.1. The lowest BCUT2D eigenvalue weighted by atomic mass is 9.86. The van der Waals surface area contributed by atoms with Gasteiger partial charge in [0.2, 0.25) is 5.96 Å². The summed E-state index contributed by atoms with van der Waals surface area (Å²) in [6, 6.07) is 10.1. The summed E-state index contributed by atoms with van der Waals surface area (Å²) in [4.78, 5) is 16.5. The first kappa shape index (κ1) is 20.7. The Hall–Kier alpha value is -2.56. The minimum atomic E-state index is -0.148. The number of benzene rings is 1. The van der Waals surface area contributed by atoms with Crippen molar-refractivity contribution in [1.29, 1.82) is 0 Å². The summed E-state index contributed by atoms with van der Waals surface area (Å²) in [6.45, 7) is 16.8. The van der Waals surface area contributed by atoms with E-state index in [9.17, 15) is 4.79 Å². The topological polar surface area (TPSA) is 62.2 Å². The van der Waals surface area contributed by atoms with Crippen LogP contribution in [0.5, 0.6) is 0 Å². The number of aromatic amines is 1. The van der Waals surface area contributed by atoms with Crippen LogP contribution in [0.2, 0.25) is 0 Å². The highest BCUT2D eigenvalue weighted by Crippen LogP contribution is 2.23. The van der Waals surface area contributed by atoms with Gasteiger partial charge >= 0.3 is 0 Å². The van der Waals surface area contributed by atoms with Crippen molar-refractivity contribution in [3.63, 3.8) is 0 Å². The Kier molecular flexibility index (Phi) is 6.47. The predicted molar refractivity (Wildman–Crippen MR) is 114 cm³/mol. The molecule has 27 heavy (non-hydrogen) atoms. The van der Waals surface area contributed by atoms with Crippen LogP contribution in [0.15, 0.2) is 46.7 Å². The zero-order chi connectivity index (χ0) is 20.2. The average Bonchev–Trinajstić information content (AvgIpc) is 2.92. The number of hydrogen-bond donors (Lipinski definition) is 2. The number of nitrogens with one attached hydrogen (secondary N) is 2. The summed E-state index contributed by atoms with van der Waals surface area (Å²) >= 11 is 0. The van der Waals surface area contributed by atoms with E-state index < -0.39 is 0 Å². The molecule has 0 spiro atoms. The van der Waals surface area contributed by atoms with Gasteiger partial charge in [0.25, 0.3) is 5.56 Å². The molecule has 5 heteroatoms. The first-order chi connectivity index (χ1) is 12.6. The van der Waals surface area contributed by atoms with E-state index in [1.807, 2.05) is 6.92 Å². The lowest BCUT2D eigenvalue weighted by Crippen LogP contribution is -2.32. The largest absolute Gasteiger partial charge is 0.324 e. The summed E-state index contributed by atoms with van der Waals surface area (Å²) in [5, 5.41) is 6.10. The molecule has 0 radical (unpaired) electrons. The van der Waals surface area contributed by atoms with E-state index in [0.717, 1.165) is 29.8 Å². The number of nitrogens with zero attached hydrogens (tertiary/aromatic N) is 2. The Bertz CT molecular complexity index is 863. The van der Waals surface area contributed by atoms with Crippen LogP contribution < -0.4 is 10.9 Å². The van der Waals surface area contributed by atoms with Crippen molar-refractivity contribution >= 4 is 11.7 Å². The van der Waals surface area contributed by atoms with Gasteiger partial charge in [0, 0.05) is 17.5 Å². The van der Waals surface area contributed by atoms with Gasteiger partial charge in [0.05, 0.1) is 6.04 Å². The molecular formula is C22H32N4O. The number of H-pyrrole nitrogens is 1. The van der Waals surface area contributed by atoms with Crippen molar-refractivity contribution in [3.05, 3.63) is 64.1 Å². The highest BCUT2D eigenvalue weighted by Gasteiger charge is 2.15. The maximum atomic E-state index is 11.7. The first-order valence-corrected chi connectivity index (χ1v) is 9.55. The third-order valence-electron chi connectivity index (χ3n) is 4.54. The summed E-state index contributed by atoms with van der Waals surface area (Å²) < 4.78 is 1.68. The fraction of sp³-hybridized carbons (Fsp3) is 0.455. The second-order valence-corrected chi connectivity index (χ2v) is 8.12. The lowest BCUT2D eigenvalue weighted by Gasteiger charge is -2.20. The van der Waals surface area contributed by atoms with Crippen molar-refractivity contribution < 1.29 is 0 Å². The number of rotatable bonds is 5. The van der Waals surface area contributed by atoms with Crippen LogP contribution in [-0.4, -0.2) is 21.8 Å². The third kappa shape index (κ3) is 5.46. The second kappa shape index (κ2) is 8.42. The molecule has 1 unspecified atom stereocenters. The average molecular weight is 369 g/mol. The molecule has 146 valence electrons. The molecule has 0 saturated carbocycles. The van der Waals surface area contributed by atoms with Gasteiger partial charge in [-0.05, 0) is 36.8 Å². The number of aromatic nitrogens is 2. The molecule has 1 atom stereocenters. The molecule has 0 aliphatic rings. The number of hydrogen-bond acceptors (Lipinski definition) is 2. The quantitative estimate of drug-likeness (QED) is 0.605. The molecule has 0 aliphatic carbocycles. The van der Waals surface area contributed by atoms with E-state index in [4.69, 9.17) is 4.99 Å². The van der Waals surface area contributed by atoms with E-state index in [1.54, 1.807) is 10.7 Å². The molecule has 1 aromatic heterocycles. The van der Waals surface area contributed by atoms with Crippen LogP contribution in [0.25, 0.3) is 5.70 Å². The van der Waals surface area contributed by atoms with Crippen LogP contribution in [-0.2, 0) is 5.41 Å². The highest BCUT2D eigenvalue weighted by molar-refractivity contribution is 5.90. The van der Waals surface area contributed by atoms with Crippen molar-refractivity contribution in [2.24, 2.45) is 4.99 Å². The Morgan fingerprint density at radius 2 is 1.93 bits per heavy atom. The van der Waals surface area contributed by atoms with Crippen molar-refractivity contribution in [3.8, 4) is 0 Å². The Balaban J connectivity index is 2.30. The zero-order valence-electron chi connectivity index (χ0n) is 17.4. The minimum Gasteiger partial charge on any atom is -0.324 e. The van der Waals surface area contributed by atoms with Gasteiger partial charge in [-0.15, -0.1) is 0 Å². The fourth-order valence-electron chi connectivity index (χ4n) is 2.92. The third-order valence-corrected chi connectivity index (χ3v) is 4.54. The molecule has 0 amide bonds. The molecule has 1 aromatic carbocycles. The van der Waals surface area contributed by atoms with Crippen LogP contribution in [0.3, 0.4) is 0 Å². The molecule has 0 aliphatic heterocycles. The fourth-order valence-corrected chi connectivity index (χ4v) is 2.92. The van der Waals surface area contributed by atoms with Gasteiger partial charge in [-0.3, -0.25) is 9.89 Å². The minimum absolute atomic E-state index is 0.108. The van der Waals surface area contributed by atoms with Crippen LogP contribution >= 0.6 is 0 Å². The van der Waals surface area contributed by atoms with Gasteiger partial charge in [0.15, 0.2) is 0 Å². The lowest BCUT2D eigenvalue weighted by molar-refractivity contribution is 0.590. The van der Waals surface area contributed by atoms with E-state index in [0.29, 0.717) is 5.96 Å².